The van der Waals surface area contributed by atoms with Crippen molar-refractivity contribution in [2.24, 2.45) is 0 Å². The van der Waals surface area contributed by atoms with E-state index in [1.165, 1.54) is 18.5 Å². The molecule has 144 valence electrons. The maximum Gasteiger partial charge on any atom is 0.263 e. The molecule has 1 aliphatic rings. The van der Waals surface area contributed by atoms with Crippen molar-refractivity contribution in [2.75, 3.05) is 35.9 Å². The van der Waals surface area contributed by atoms with Gasteiger partial charge < -0.3 is 9.64 Å². The average Bonchev–Trinajstić information content (AvgIpc) is 2.75. The third-order valence-corrected chi connectivity index (χ3v) is 5.71. The van der Waals surface area contributed by atoms with E-state index in [0.29, 0.717) is 24.6 Å². The second-order valence-corrected chi connectivity index (χ2v) is 7.93. The highest BCUT2D eigenvalue weighted by Crippen LogP contribution is 2.23. The fraction of sp³-hybridized carbons (Fsp3) is 0.211. The van der Waals surface area contributed by atoms with Gasteiger partial charge in [-0.25, -0.2) is 8.42 Å². The summed E-state index contributed by atoms with van der Waals surface area (Å²) in [6.07, 6.45) is 2.83. The van der Waals surface area contributed by atoms with Crippen molar-refractivity contribution >= 4 is 21.5 Å². The lowest BCUT2D eigenvalue weighted by atomic mass is 10.1. The average molecular weight is 397 g/mol. The first-order valence-electron chi connectivity index (χ1n) is 8.81. The maximum atomic E-state index is 12.5. The van der Waals surface area contributed by atoms with Gasteiger partial charge in [0.2, 0.25) is 0 Å². The van der Waals surface area contributed by atoms with Gasteiger partial charge in [0.25, 0.3) is 10.0 Å². The number of nitrogens with one attached hydrogen (secondary N) is 1. The molecule has 9 heteroatoms. The predicted molar refractivity (Wildman–Crippen MR) is 106 cm³/mol. The molecule has 0 spiro atoms. The van der Waals surface area contributed by atoms with E-state index in [4.69, 9.17) is 4.74 Å². The molecule has 4 rings (SSSR count). The lowest BCUT2D eigenvalue weighted by Gasteiger charge is -2.27. The Kier molecular flexibility index (Phi) is 5.18. The van der Waals surface area contributed by atoms with Crippen molar-refractivity contribution in [2.45, 2.75) is 4.90 Å². The highest BCUT2D eigenvalue weighted by Gasteiger charge is 2.15. The molecule has 0 radical (unpaired) electrons. The van der Waals surface area contributed by atoms with Crippen LogP contribution in [0.2, 0.25) is 0 Å². The molecule has 1 fully saturated rings. The predicted octanol–water partition coefficient (Wildman–Crippen LogP) is 2.18. The largest absolute Gasteiger partial charge is 0.378 e. The number of morpholine rings is 1. The molecule has 8 nitrogen and oxygen atoms in total. The van der Waals surface area contributed by atoms with Gasteiger partial charge in [0, 0.05) is 36.7 Å². The van der Waals surface area contributed by atoms with Crippen molar-refractivity contribution in [3.05, 3.63) is 60.9 Å². The van der Waals surface area contributed by atoms with Crippen LogP contribution < -0.4 is 9.62 Å². The number of rotatable bonds is 5. The Balaban J connectivity index is 1.54. The van der Waals surface area contributed by atoms with E-state index in [0.717, 1.165) is 24.5 Å². The third kappa shape index (κ3) is 4.10. The second-order valence-electron chi connectivity index (χ2n) is 6.25. The monoisotopic (exact) mass is 397 g/mol. The number of benzene rings is 1. The molecule has 0 atom stereocenters. The van der Waals surface area contributed by atoms with Gasteiger partial charge in [0.05, 0.1) is 18.9 Å². The summed E-state index contributed by atoms with van der Waals surface area (Å²) in [4.78, 5) is 6.09. The topological polar surface area (TPSA) is 97.3 Å². The molecule has 0 amide bonds. The van der Waals surface area contributed by atoms with E-state index >= 15 is 0 Å². The fourth-order valence-electron chi connectivity index (χ4n) is 2.90. The van der Waals surface area contributed by atoms with E-state index in [2.05, 4.69) is 24.8 Å². The van der Waals surface area contributed by atoms with Gasteiger partial charge in [0.15, 0.2) is 5.82 Å². The molecule has 1 aromatic carbocycles. The highest BCUT2D eigenvalue weighted by molar-refractivity contribution is 7.92. The maximum absolute atomic E-state index is 12.5. The molecule has 1 saturated heterocycles. The van der Waals surface area contributed by atoms with Crippen LogP contribution >= 0.6 is 0 Å². The van der Waals surface area contributed by atoms with E-state index in [-0.39, 0.29) is 4.90 Å². The molecular weight excluding hydrogens is 378 g/mol. The minimum absolute atomic E-state index is 0.107. The lowest BCUT2D eigenvalue weighted by molar-refractivity contribution is 0.122. The smallest absolute Gasteiger partial charge is 0.263 e. The molecule has 3 aromatic rings. The molecule has 2 aromatic heterocycles. The summed E-state index contributed by atoms with van der Waals surface area (Å²) in [6.45, 7) is 2.95. The summed E-state index contributed by atoms with van der Waals surface area (Å²) in [5.74, 6) is 0.806. The number of ether oxygens (including phenoxy) is 1. The molecule has 28 heavy (non-hydrogen) atoms. The molecule has 3 heterocycles. The summed E-state index contributed by atoms with van der Waals surface area (Å²) in [5, 5.41) is 8.60. The van der Waals surface area contributed by atoms with Crippen LogP contribution in [0.4, 0.5) is 11.5 Å². The Morgan fingerprint density at radius 3 is 2.57 bits per heavy atom. The summed E-state index contributed by atoms with van der Waals surface area (Å²) in [6, 6.07) is 13.9. The van der Waals surface area contributed by atoms with Crippen LogP contribution in [0.25, 0.3) is 11.3 Å². The van der Waals surface area contributed by atoms with Gasteiger partial charge in [-0.05, 0) is 36.4 Å². The Bertz CT molecular complexity index is 1040. The van der Waals surface area contributed by atoms with Gasteiger partial charge in [-0.1, -0.05) is 12.1 Å². The van der Waals surface area contributed by atoms with E-state index in [9.17, 15) is 8.42 Å². The van der Waals surface area contributed by atoms with Crippen molar-refractivity contribution in [3.8, 4) is 11.3 Å². The number of aromatic nitrogens is 3. The molecule has 1 N–H and O–H groups in total. The third-order valence-electron chi connectivity index (χ3n) is 4.34. The molecule has 0 aliphatic carbocycles. The van der Waals surface area contributed by atoms with Crippen LogP contribution in [0.1, 0.15) is 0 Å². The van der Waals surface area contributed by atoms with E-state index in [1.54, 1.807) is 24.3 Å². The van der Waals surface area contributed by atoms with Gasteiger partial charge in [-0.15, -0.1) is 10.2 Å². The van der Waals surface area contributed by atoms with Crippen LogP contribution in [0.5, 0.6) is 0 Å². The summed E-state index contributed by atoms with van der Waals surface area (Å²) >= 11 is 0. The summed E-state index contributed by atoms with van der Waals surface area (Å²) in [7, 11) is -3.70. The molecule has 1 aliphatic heterocycles. The molecular formula is C19H19N5O3S. The Morgan fingerprint density at radius 1 is 1.00 bits per heavy atom. The quantitative estimate of drug-likeness (QED) is 0.705. The van der Waals surface area contributed by atoms with Gasteiger partial charge >= 0.3 is 0 Å². The Hall–Kier alpha value is -3.04. The first-order valence-corrected chi connectivity index (χ1v) is 10.3. The molecule has 0 unspecified atom stereocenters. The minimum atomic E-state index is -3.70. The minimum Gasteiger partial charge on any atom is -0.378 e. The number of anilines is 2. The van der Waals surface area contributed by atoms with Crippen LogP contribution in [0, 0.1) is 0 Å². The zero-order chi connectivity index (χ0) is 19.4. The Morgan fingerprint density at radius 2 is 1.86 bits per heavy atom. The van der Waals surface area contributed by atoms with Crippen molar-refractivity contribution in [3.63, 3.8) is 0 Å². The number of hydrogen-bond acceptors (Lipinski definition) is 7. The first kappa shape index (κ1) is 18.3. The Labute approximate surface area is 163 Å². The highest BCUT2D eigenvalue weighted by atomic mass is 32.2. The number of hydrogen-bond donors (Lipinski definition) is 1. The number of nitrogens with zero attached hydrogens (tertiary/aromatic N) is 4. The van der Waals surface area contributed by atoms with Crippen LogP contribution in [-0.2, 0) is 14.8 Å². The summed E-state index contributed by atoms with van der Waals surface area (Å²) < 4.78 is 32.9. The van der Waals surface area contributed by atoms with E-state index < -0.39 is 10.0 Å². The molecule has 0 bridgehead atoms. The summed E-state index contributed by atoms with van der Waals surface area (Å²) in [5.41, 5.74) is 1.88. The normalized spacial score (nSPS) is 14.6. The number of sulfonamides is 1. The first-order chi connectivity index (χ1) is 13.6. The van der Waals surface area contributed by atoms with Crippen molar-refractivity contribution < 1.29 is 13.2 Å². The van der Waals surface area contributed by atoms with E-state index in [1.807, 2.05) is 18.2 Å². The second kappa shape index (κ2) is 7.91. The van der Waals surface area contributed by atoms with Crippen LogP contribution in [-0.4, -0.2) is 49.9 Å². The van der Waals surface area contributed by atoms with Gasteiger partial charge in [-0.3, -0.25) is 9.71 Å². The van der Waals surface area contributed by atoms with Crippen molar-refractivity contribution in [1.82, 2.24) is 15.2 Å². The zero-order valence-electron chi connectivity index (χ0n) is 15.0. The van der Waals surface area contributed by atoms with Crippen LogP contribution in [0.3, 0.4) is 0 Å². The standard InChI is InChI=1S/C19H19N5O3S/c25-28(26,17-5-2-8-20-14-17)23-16-4-1-3-15(13-16)18-6-7-19(22-21-18)24-9-11-27-12-10-24/h1-8,13-14,23H,9-12H2. The zero-order valence-corrected chi connectivity index (χ0v) is 15.8. The SMILES string of the molecule is O=S(=O)(Nc1cccc(-c2ccc(N3CCOCC3)nn2)c1)c1cccnc1. The lowest BCUT2D eigenvalue weighted by Crippen LogP contribution is -2.36. The fourth-order valence-corrected chi connectivity index (χ4v) is 3.91. The van der Waals surface area contributed by atoms with Crippen LogP contribution in [0.15, 0.2) is 65.8 Å². The number of pyridine rings is 1. The van der Waals surface area contributed by atoms with Gasteiger partial charge in [0.1, 0.15) is 4.90 Å². The van der Waals surface area contributed by atoms with Gasteiger partial charge in [-0.2, -0.15) is 0 Å². The van der Waals surface area contributed by atoms with Crippen molar-refractivity contribution in [1.29, 1.82) is 0 Å². The molecule has 0 saturated carbocycles.